The third-order valence-corrected chi connectivity index (χ3v) is 6.76. The fourth-order valence-electron chi connectivity index (χ4n) is 4.72. The largest absolute Gasteiger partial charge is 0.481 e. The highest BCUT2D eigenvalue weighted by atomic mass is 16.4. The number of rotatable bonds is 7. The van der Waals surface area contributed by atoms with Crippen molar-refractivity contribution >= 4 is 11.9 Å². The summed E-state index contributed by atoms with van der Waals surface area (Å²) in [5, 5.41) is 27.2. The van der Waals surface area contributed by atoms with Crippen LogP contribution in [0.4, 0.5) is 5.95 Å². The molecule has 5 rings (SSSR count). The highest BCUT2D eigenvalue weighted by Crippen LogP contribution is 2.27. The van der Waals surface area contributed by atoms with E-state index in [0.717, 1.165) is 29.9 Å². The maximum absolute atomic E-state index is 11.5. The van der Waals surface area contributed by atoms with Gasteiger partial charge in [-0.05, 0) is 56.6 Å². The quantitative estimate of drug-likeness (QED) is 0.379. The van der Waals surface area contributed by atoms with Crippen LogP contribution in [0.3, 0.4) is 0 Å². The van der Waals surface area contributed by atoms with Crippen LogP contribution in [0.15, 0.2) is 54.7 Å². The lowest BCUT2D eigenvalue weighted by Crippen LogP contribution is -2.40. The van der Waals surface area contributed by atoms with Crippen molar-refractivity contribution in [3.63, 3.8) is 0 Å². The number of aliphatic carboxylic acids is 1. The molecule has 38 heavy (non-hydrogen) atoms. The molecule has 3 aromatic heterocycles. The fraction of sp³-hybridized carbons (Fsp3) is 0.296. The highest BCUT2D eigenvalue weighted by Gasteiger charge is 2.29. The number of carboxylic acids is 1. The molecule has 192 valence electrons. The van der Waals surface area contributed by atoms with Crippen LogP contribution >= 0.6 is 0 Å². The Hall–Kier alpha value is -4.69. The van der Waals surface area contributed by atoms with Crippen LogP contribution in [-0.2, 0) is 11.3 Å². The van der Waals surface area contributed by atoms with Crippen molar-refractivity contribution in [3.8, 4) is 28.7 Å². The summed E-state index contributed by atoms with van der Waals surface area (Å²) in [6, 6.07) is 16.9. The van der Waals surface area contributed by atoms with Gasteiger partial charge in [0.05, 0.1) is 53.1 Å². The molecule has 11 heteroatoms. The van der Waals surface area contributed by atoms with E-state index in [1.165, 1.54) is 0 Å². The van der Waals surface area contributed by atoms with Crippen molar-refractivity contribution in [1.29, 1.82) is 5.26 Å². The van der Waals surface area contributed by atoms with Gasteiger partial charge in [0, 0.05) is 18.2 Å². The zero-order valence-corrected chi connectivity index (χ0v) is 20.9. The van der Waals surface area contributed by atoms with Gasteiger partial charge in [0.1, 0.15) is 5.69 Å². The van der Waals surface area contributed by atoms with Gasteiger partial charge in [-0.1, -0.05) is 23.4 Å². The first-order chi connectivity index (χ1) is 18.4. The van der Waals surface area contributed by atoms with E-state index in [0.29, 0.717) is 42.2 Å². The fourth-order valence-corrected chi connectivity index (χ4v) is 4.72. The van der Waals surface area contributed by atoms with Gasteiger partial charge in [0.25, 0.3) is 0 Å². The molecule has 2 atom stereocenters. The van der Waals surface area contributed by atoms with Gasteiger partial charge >= 0.3 is 5.97 Å². The molecule has 0 aliphatic carbocycles. The van der Waals surface area contributed by atoms with Gasteiger partial charge in [-0.2, -0.15) is 5.26 Å². The van der Waals surface area contributed by atoms with Gasteiger partial charge in [0.15, 0.2) is 0 Å². The molecule has 1 aliphatic heterocycles. The number of carboxylic acid groups (broad SMARTS) is 1. The standard InChI is InChI=1S/C27H27N9O2/c1-17(35-10-4-7-20(14-35)26(37)38)22-9-3-8-21(30-22)15-36-16-25(33-34-36)24-12-23(31-27(29)32-24)19-6-2-5-18(11-19)13-28/h2-3,5-6,8-9,11-12,16-17,20H,4,7,10,14-15H2,1H3,(H,37,38)(H2,29,31,32)/t17?,20-/m1/s1. The molecule has 0 radical (unpaired) electrons. The summed E-state index contributed by atoms with van der Waals surface area (Å²) in [5.74, 6) is -0.978. The van der Waals surface area contributed by atoms with Crippen LogP contribution in [0.5, 0.6) is 0 Å². The number of hydrogen-bond acceptors (Lipinski definition) is 9. The minimum Gasteiger partial charge on any atom is -0.481 e. The van der Waals surface area contributed by atoms with E-state index in [-0.39, 0.29) is 17.9 Å². The van der Waals surface area contributed by atoms with E-state index in [4.69, 9.17) is 10.7 Å². The second-order valence-corrected chi connectivity index (χ2v) is 9.39. The number of anilines is 1. The third-order valence-electron chi connectivity index (χ3n) is 6.76. The Balaban J connectivity index is 1.33. The molecule has 4 aromatic rings. The SMILES string of the molecule is CC(c1cccc(Cn2cc(-c3cc(-c4cccc(C#N)c4)nc(N)n3)nn2)n1)N1CCC[C@@H](C(=O)O)C1. The summed E-state index contributed by atoms with van der Waals surface area (Å²) >= 11 is 0. The predicted molar refractivity (Wildman–Crippen MR) is 139 cm³/mol. The summed E-state index contributed by atoms with van der Waals surface area (Å²) in [7, 11) is 0. The Bertz CT molecular complexity index is 1510. The van der Waals surface area contributed by atoms with Gasteiger partial charge in [-0.15, -0.1) is 5.10 Å². The third kappa shape index (κ3) is 5.50. The van der Waals surface area contributed by atoms with E-state index >= 15 is 0 Å². The van der Waals surface area contributed by atoms with Crippen LogP contribution in [0.2, 0.25) is 0 Å². The Labute approximate surface area is 219 Å². The molecule has 1 saturated heterocycles. The monoisotopic (exact) mass is 509 g/mol. The summed E-state index contributed by atoms with van der Waals surface area (Å²) in [5.41, 5.74) is 10.6. The van der Waals surface area contributed by atoms with Crippen molar-refractivity contribution < 1.29 is 9.90 Å². The topological polar surface area (TPSA) is 160 Å². The average Bonchev–Trinajstić information content (AvgIpc) is 3.41. The first-order valence-corrected chi connectivity index (χ1v) is 12.4. The molecule has 0 bridgehead atoms. The molecule has 4 heterocycles. The minimum atomic E-state index is -0.737. The summed E-state index contributed by atoms with van der Waals surface area (Å²) in [6.07, 6.45) is 3.35. The molecular weight excluding hydrogens is 482 g/mol. The summed E-state index contributed by atoms with van der Waals surface area (Å²) in [4.78, 5) is 27.1. The number of likely N-dealkylation sites (tertiary alicyclic amines) is 1. The average molecular weight is 510 g/mol. The normalized spacial score (nSPS) is 16.6. The second-order valence-electron chi connectivity index (χ2n) is 9.39. The number of hydrogen-bond donors (Lipinski definition) is 2. The van der Waals surface area contributed by atoms with Crippen LogP contribution in [0.25, 0.3) is 22.6 Å². The highest BCUT2D eigenvalue weighted by molar-refractivity contribution is 5.70. The second kappa shape index (κ2) is 10.7. The lowest BCUT2D eigenvalue weighted by molar-refractivity contribution is -0.143. The molecule has 1 aromatic carbocycles. The molecular formula is C27H27N9O2. The van der Waals surface area contributed by atoms with E-state index < -0.39 is 5.97 Å². The van der Waals surface area contributed by atoms with Crippen molar-refractivity contribution in [1.82, 2.24) is 34.8 Å². The van der Waals surface area contributed by atoms with Crippen molar-refractivity contribution in [2.75, 3.05) is 18.8 Å². The molecule has 0 spiro atoms. The van der Waals surface area contributed by atoms with Gasteiger partial charge < -0.3 is 10.8 Å². The number of nitriles is 1. The number of piperidine rings is 1. The Morgan fingerprint density at radius 2 is 1.97 bits per heavy atom. The Kier molecular flexibility index (Phi) is 7.06. The summed E-state index contributed by atoms with van der Waals surface area (Å²) in [6.45, 7) is 3.85. The number of aromatic nitrogens is 6. The molecule has 11 nitrogen and oxygen atoms in total. The molecule has 1 fully saturated rings. The molecule has 1 aliphatic rings. The first kappa shape index (κ1) is 25.0. The zero-order valence-electron chi connectivity index (χ0n) is 20.9. The summed E-state index contributed by atoms with van der Waals surface area (Å²) < 4.78 is 1.68. The van der Waals surface area contributed by atoms with E-state index in [2.05, 4.69) is 38.2 Å². The molecule has 0 saturated carbocycles. The van der Waals surface area contributed by atoms with Gasteiger partial charge in [-0.25, -0.2) is 14.6 Å². The van der Waals surface area contributed by atoms with E-state index in [1.807, 2.05) is 24.3 Å². The number of carbonyl (C=O) groups is 1. The van der Waals surface area contributed by atoms with Crippen molar-refractivity contribution in [3.05, 3.63) is 71.7 Å². The lowest BCUT2D eigenvalue weighted by Gasteiger charge is -2.35. The molecule has 3 N–H and O–H groups in total. The molecule has 0 amide bonds. The van der Waals surface area contributed by atoms with Crippen LogP contribution in [0.1, 0.15) is 42.8 Å². The Morgan fingerprint density at radius 3 is 2.79 bits per heavy atom. The zero-order chi connectivity index (χ0) is 26.6. The maximum atomic E-state index is 11.5. The first-order valence-electron chi connectivity index (χ1n) is 12.4. The van der Waals surface area contributed by atoms with E-state index in [1.54, 1.807) is 35.1 Å². The van der Waals surface area contributed by atoms with E-state index in [9.17, 15) is 15.2 Å². The van der Waals surface area contributed by atoms with Gasteiger partial charge in [-0.3, -0.25) is 14.7 Å². The predicted octanol–water partition coefficient (Wildman–Crippen LogP) is 3.16. The smallest absolute Gasteiger partial charge is 0.307 e. The van der Waals surface area contributed by atoms with Crippen LogP contribution in [-0.4, -0.2) is 59.0 Å². The van der Waals surface area contributed by atoms with Crippen LogP contribution in [0, 0.1) is 17.2 Å². The Morgan fingerprint density at radius 1 is 1.16 bits per heavy atom. The van der Waals surface area contributed by atoms with Crippen molar-refractivity contribution in [2.24, 2.45) is 5.92 Å². The number of benzene rings is 1. The number of pyridine rings is 1. The maximum Gasteiger partial charge on any atom is 0.307 e. The lowest BCUT2D eigenvalue weighted by atomic mass is 9.96. The number of nitrogens with two attached hydrogens (primary N) is 1. The van der Waals surface area contributed by atoms with Crippen LogP contribution < -0.4 is 5.73 Å². The number of nitrogen functional groups attached to an aromatic ring is 1. The minimum absolute atomic E-state index is 0.00496. The van der Waals surface area contributed by atoms with Crippen molar-refractivity contribution in [2.45, 2.75) is 32.4 Å². The molecule has 1 unspecified atom stereocenters. The van der Waals surface area contributed by atoms with Gasteiger partial charge in [0.2, 0.25) is 5.95 Å². The number of nitrogens with zero attached hydrogens (tertiary/aromatic N) is 8.